The van der Waals surface area contributed by atoms with E-state index >= 15 is 0 Å². The summed E-state index contributed by atoms with van der Waals surface area (Å²) in [6.07, 6.45) is 1.56. The third-order valence-corrected chi connectivity index (χ3v) is 5.12. The van der Waals surface area contributed by atoms with E-state index in [1.54, 1.807) is 12.1 Å². The minimum Gasteiger partial charge on any atom is -0.392 e. The zero-order valence-electron chi connectivity index (χ0n) is 16.4. The number of aliphatic hydroxyl groups is 1. The summed E-state index contributed by atoms with van der Waals surface area (Å²) >= 11 is 0. The van der Waals surface area contributed by atoms with Crippen molar-refractivity contribution in [3.05, 3.63) is 64.4 Å². The fraction of sp³-hybridized carbons (Fsp3) is 0.364. The first kappa shape index (κ1) is 18.8. The van der Waals surface area contributed by atoms with Crippen molar-refractivity contribution < 1.29 is 14.2 Å². The van der Waals surface area contributed by atoms with E-state index < -0.39 is 5.82 Å². The van der Waals surface area contributed by atoms with Crippen molar-refractivity contribution in [1.82, 2.24) is 14.8 Å². The minimum atomic E-state index is -0.415. The molecule has 1 aromatic carbocycles. The number of aromatic nitrogens is 3. The Hall–Kier alpha value is -2.57. The van der Waals surface area contributed by atoms with E-state index in [1.807, 2.05) is 30.7 Å². The van der Waals surface area contributed by atoms with Crippen molar-refractivity contribution in [2.75, 3.05) is 6.61 Å². The highest BCUT2D eigenvalue weighted by Gasteiger charge is 2.25. The highest BCUT2D eigenvalue weighted by molar-refractivity contribution is 5.66. The van der Waals surface area contributed by atoms with Gasteiger partial charge in [0.15, 0.2) is 0 Å². The number of hydrogen-bond acceptors (Lipinski definition) is 4. The van der Waals surface area contributed by atoms with Gasteiger partial charge in [-0.15, -0.1) is 0 Å². The van der Waals surface area contributed by atoms with Gasteiger partial charge in [-0.1, -0.05) is 0 Å². The number of pyridine rings is 1. The average Bonchev–Trinajstić information content (AvgIpc) is 2.88. The van der Waals surface area contributed by atoms with Crippen LogP contribution in [0.1, 0.15) is 35.1 Å². The van der Waals surface area contributed by atoms with Crippen molar-refractivity contribution in [3.63, 3.8) is 0 Å². The molecule has 28 heavy (non-hydrogen) atoms. The molecule has 0 radical (unpaired) electrons. The number of rotatable bonds is 3. The van der Waals surface area contributed by atoms with Crippen LogP contribution in [-0.4, -0.2) is 32.6 Å². The molecule has 0 spiro atoms. The fourth-order valence-electron chi connectivity index (χ4n) is 3.88. The van der Waals surface area contributed by atoms with Gasteiger partial charge in [-0.05, 0) is 57.5 Å². The van der Waals surface area contributed by atoms with Gasteiger partial charge in [-0.25, -0.2) is 9.07 Å². The van der Waals surface area contributed by atoms with Gasteiger partial charge < -0.3 is 9.84 Å². The Balaban J connectivity index is 1.93. The molecule has 146 valence electrons. The second-order valence-electron chi connectivity index (χ2n) is 7.39. The Kier molecular flexibility index (Phi) is 5.00. The molecule has 2 aromatic heterocycles. The van der Waals surface area contributed by atoms with Crippen LogP contribution in [0.2, 0.25) is 0 Å². The molecule has 1 aliphatic heterocycles. The van der Waals surface area contributed by atoms with E-state index in [2.05, 4.69) is 11.9 Å². The first-order chi connectivity index (χ1) is 13.5. The van der Waals surface area contributed by atoms with Gasteiger partial charge in [-0.3, -0.25) is 4.98 Å². The second-order valence-corrected chi connectivity index (χ2v) is 7.39. The van der Waals surface area contributed by atoms with Crippen molar-refractivity contribution >= 4 is 0 Å². The van der Waals surface area contributed by atoms with Crippen LogP contribution >= 0.6 is 0 Å². The van der Waals surface area contributed by atoms with Gasteiger partial charge in [-0.2, -0.15) is 5.10 Å². The first-order valence-corrected chi connectivity index (χ1v) is 9.54. The van der Waals surface area contributed by atoms with E-state index in [9.17, 15) is 9.50 Å². The third kappa shape index (κ3) is 3.45. The molecule has 0 amide bonds. The summed E-state index contributed by atoms with van der Waals surface area (Å²) in [7, 11) is 0. The van der Waals surface area contributed by atoms with Gasteiger partial charge in [0.25, 0.3) is 0 Å². The number of ether oxygens (including phenoxy) is 1. The molecule has 0 fully saturated rings. The molecule has 1 N–H and O–H groups in total. The Labute approximate surface area is 163 Å². The molecule has 0 bridgehead atoms. The zero-order valence-corrected chi connectivity index (χ0v) is 16.4. The van der Waals surface area contributed by atoms with Crippen LogP contribution in [0.3, 0.4) is 0 Å². The van der Waals surface area contributed by atoms with Crippen molar-refractivity contribution in [1.29, 1.82) is 0 Å². The predicted octanol–water partition coefficient (Wildman–Crippen LogP) is 3.69. The zero-order chi connectivity index (χ0) is 19.8. The van der Waals surface area contributed by atoms with Crippen LogP contribution in [0.25, 0.3) is 16.9 Å². The smallest absolute Gasteiger partial charge is 0.128 e. The van der Waals surface area contributed by atoms with Gasteiger partial charge in [0.05, 0.1) is 36.4 Å². The molecular formula is C22H24FN3O2. The average molecular weight is 381 g/mol. The van der Waals surface area contributed by atoms with E-state index in [0.717, 1.165) is 52.4 Å². The Morgan fingerprint density at radius 1 is 1.21 bits per heavy atom. The number of halogens is 1. The summed E-state index contributed by atoms with van der Waals surface area (Å²) in [4.78, 5) is 4.47. The van der Waals surface area contributed by atoms with E-state index in [4.69, 9.17) is 9.84 Å². The number of nitrogens with zero attached hydrogens (tertiary/aromatic N) is 3. The molecule has 3 aromatic rings. The SMILES string of the molecule is Cc1cc(-c2nn(-c3ccc(F)c(CO)c3)c3c2CCO[C@H](C)C3)cc(C)n1. The van der Waals surface area contributed by atoms with Gasteiger partial charge in [0.2, 0.25) is 0 Å². The lowest BCUT2D eigenvalue weighted by atomic mass is 10.0. The summed E-state index contributed by atoms with van der Waals surface area (Å²) in [5.74, 6) is -0.415. The lowest BCUT2D eigenvalue weighted by molar-refractivity contribution is 0.0735. The van der Waals surface area contributed by atoms with Crippen LogP contribution in [0, 0.1) is 19.7 Å². The van der Waals surface area contributed by atoms with E-state index in [1.165, 1.54) is 6.07 Å². The van der Waals surface area contributed by atoms with Crippen LogP contribution in [0.4, 0.5) is 4.39 Å². The van der Waals surface area contributed by atoms with E-state index in [0.29, 0.717) is 6.61 Å². The van der Waals surface area contributed by atoms with Crippen molar-refractivity contribution in [2.24, 2.45) is 0 Å². The lowest BCUT2D eigenvalue weighted by Crippen LogP contribution is -2.13. The first-order valence-electron chi connectivity index (χ1n) is 9.54. The Morgan fingerprint density at radius 2 is 1.96 bits per heavy atom. The Bertz CT molecular complexity index is 1010. The molecular weight excluding hydrogens is 357 g/mol. The number of hydrogen-bond donors (Lipinski definition) is 1. The van der Waals surface area contributed by atoms with E-state index in [-0.39, 0.29) is 18.3 Å². The molecule has 0 unspecified atom stereocenters. The largest absolute Gasteiger partial charge is 0.392 e. The second kappa shape index (κ2) is 7.45. The van der Waals surface area contributed by atoms with Crippen LogP contribution < -0.4 is 0 Å². The standard InChI is InChI=1S/C22H24FN3O2/c1-13-8-16(9-14(2)24-13)22-19-6-7-28-15(3)10-21(19)26(25-22)18-4-5-20(23)17(11-18)12-27/h4-5,8-9,11,15,27H,6-7,10,12H2,1-3H3/t15-/m1/s1. The number of benzene rings is 1. The summed E-state index contributed by atoms with van der Waals surface area (Å²) < 4.78 is 21.7. The summed E-state index contributed by atoms with van der Waals surface area (Å²) in [6, 6.07) is 8.82. The molecule has 5 nitrogen and oxygen atoms in total. The summed E-state index contributed by atoms with van der Waals surface area (Å²) in [6.45, 7) is 6.30. The molecule has 0 aliphatic carbocycles. The number of aliphatic hydroxyl groups excluding tert-OH is 1. The minimum absolute atomic E-state index is 0.0724. The van der Waals surface area contributed by atoms with Crippen molar-refractivity contribution in [3.8, 4) is 16.9 Å². The molecule has 3 heterocycles. The maximum absolute atomic E-state index is 13.9. The van der Waals surface area contributed by atoms with Crippen LogP contribution in [-0.2, 0) is 24.2 Å². The highest BCUT2D eigenvalue weighted by Crippen LogP contribution is 2.32. The molecule has 1 atom stereocenters. The molecule has 4 rings (SSSR count). The summed E-state index contributed by atoms with van der Waals surface area (Å²) in [5.41, 5.74) is 7.06. The predicted molar refractivity (Wildman–Crippen MR) is 105 cm³/mol. The maximum Gasteiger partial charge on any atom is 0.128 e. The van der Waals surface area contributed by atoms with Crippen molar-refractivity contribution in [2.45, 2.75) is 46.3 Å². The van der Waals surface area contributed by atoms with Crippen LogP contribution in [0.5, 0.6) is 0 Å². The maximum atomic E-state index is 13.9. The van der Waals surface area contributed by atoms with Gasteiger partial charge in [0, 0.05) is 34.5 Å². The summed E-state index contributed by atoms with van der Waals surface area (Å²) in [5, 5.41) is 14.4. The lowest BCUT2D eigenvalue weighted by Gasteiger charge is -2.12. The van der Waals surface area contributed by atoms with Gasteiger partial charge in [0.1, 0.15) is 5.82 Å². The highest BCUT2D eigenvalue weighted by atomic mass is 19.1. The third-order valence-electron chi connectivity index (χ3n) is 5.12. The fourth-order valence-corrected chi connectivity index (χ4v) is 3.88. The monoisotopic (exact) mass is 381 g/mol. The number of fused-ring (bicyclic) bond motifs is 1. The topological polar surface area (TPSA) is 60.2 Å². The molecule has 0 saturated heterocycles. The molecule has 6 heteroatoms. The Morgan fingerprint density at radius 3 is 2.68 bits per heavy atom. The van der Waals surface area contributed by atoms with Gasteiger partial charge >= 0.3 is 0 Å². The molecule has 1 aliphatic rings. The molecule has 0 saturated carbocycles. The normalized spacial score (nSPS) is 16.7. The van der Waals surface area contributed by atoms with Crippen LogP contribution in [0.15, 0.2) is 30.3 Å². The quantitative estimate of drug-likeness (QED) is 0.752. The number of aryl methyl sites for hydroxylation is 2.